The summed E-state index contributed by atoms with van der Waals surface area (Å²) in [5.41, 5.74) is 1.11. The number of carboxylic acid groups (broad SMARTS) is 1. The molecule has 0 unspecified atom stereocenters. The Labute approximate surface area is 86.7 Å². The lowest BCUT2D eigenvalue weighted by atomic mass is 10.1. The van der Waals surface area contributed by atoms with Crippen LogP contribution in [-0.4, -0.2) is 24.3 Å². The van der Waals surface area contributed by atoms with Crippen LogP contribution in [0.2, 0.25) is 0 Å². The van der Waals surface area contributed by atoms with E-state index >= 15 is 0 Å². The molecule has 0 heterocycles. The molecule has 15 heavy (non-hydrogen) atoms. The van der Waals surface area contributed by atoms with E-state index in [2.05, 4.69) is 10.1 Å². The maximum Gasteiger partial charge on any atom is 0.404 e. The van der Waals surface area contributed by atoms with E-state index in [0.29, 0.717) is 11.1 Å². The van der Waals surface area contributed by atoms with Crippen molar-refractivity contribution in [3.05, 3.63) is 35.4 Å². The van der Waals surface area contributed by atoms with E-state index in [9.17, 15) is 9.59 Å². The molecular weight excluding hydrogens is 198 g/mol. The first-order valence-corrected chi connectivity index (χ1v) is 4.27. The Kier molecular flexibility index (Phi) is 3.68. The molecule has 0 bridgehead atoms. The second kappa shape index (κ2) is 4.99. The van der Waals surface area contributed by atoms with Crippen LogP contribution in [-0.2, 0) is 11.3 Å². The Morgan fingerprint density at radius 2 is 2.20 bits per heavy atom. The summed E-state index contributed by atoms with van der Waals surface area (Å²) in [6.45, 7) is 0.167. The maximum absolute atomic E-state index is 11.1. The SMILES string of the molecule is COC(=O)c1cccc(CNC(=O)O)c1. The number of carbonyl (C=O) groups excluding carboxylic acids is 1. The zero-order valence-corrected chi connectivity index (χ0v) is 8.19. The van der Waals surface area contributed by atoms with Gasteiger partial charge in [-0.25, -0.2) is 9.59 Å². The number of nitrogens with one attached hydrogen (secondary N) is 1. The van der Waals surface area contributed by atoms with Gasteiger partial charge in [-0.1, -0.05) is 12.1 Å². The molecule has 0 aliphatic rings. The second-order valence-corrected chi connectivity index (χ2v) is 2.85. The van der Waals surface area contributed by atoms with Crippen molar-refractivity contribution < 1.29 is 19.4 Å². The fourth-order valence-electron chi connectivity index (χ4n) is 1.10. The largest absolute Gasteiger partial charge is 0.465 e. The average molecular weight is 209 g/mol. The van der Waals surface area contributed by atoms with E-state index in [-0.39, 0.29) is 6.54 Å². The van der Waals surface area contributed by atoms with Crippen LogP contribution in [0.4, 0.5) is 4.79 Å². The molecule has 5 heteroatoms. The molecule has 1 amide bonds. The van der Waals surface area contributed by atoms with E-state index in [1.807, 2.05) is 0 Å². The molecule has 80 valence electrons. The van der Waals surface area contributed by atoms with Gasteiger partial charge in [0.15, 0.2) is 0 Å². The van der Waals surface area contributed by atoms with Crippen LogP contribution in [0.25, 0.3) is 0 Å². The van der Waals surface area contributed by atoms with Crippen molar-refractivity contribution in [2.75, 3.05) is 7.11 Å². The molecular formula is C10H11NO4. The lowest BCUT2D eigenvalue weighted by Gasteiger charge is -2.03. The Morgan fingerprint density at radius 1 is 1.47 bits per heavy atom. The van der Waals surface area contributed by atoms with Crippen LogP contribution in [0, 0.1) is 0 Å². The number of amides is 1. The third kappa shape index (κ3) is 3.30. The molecule has 0 saturated carbocycles. The first kappa shape index (κ1) is 11.0. The van der Waals surface area contributed by atoms with Gasteiger partial charge in [0.1, 0.15) is 0 Å². The smallest absolute Gasteiger partial charge is 0.404 e. The van der Waals surface area contributed by atoms with Gasteiger partial charge in [-0.2, -0.15) is 0 Å². The number of hydrogen-bond donors (Lipinski definition) is 2. The van der Waals surface area contributed by atoms with Crippen LogP contribution in [0.1, 0.15) is 15.9 Å². The van der Waals surface area contributed by atoms with Crippen LogP contribution in [0.3, 0.4) is 0 Å². The fraction of sp³-hybridized carbons (Fsp3) is 0.200. The highest BCUT2D eigenvalue weighted by molar-refractivity contribution is 5.89. The zero-order chi connectivity index (χ0) is 11.3. The Morgan fingerprint density at radius 3 is 2.80 bits per heavy atom. The highest BCUT2D eigenvalue weighted by atomic mass is 16.5. The quantitative estimate of drug-likeness (QED) is 0.734. The van der Waals surface area contributed by atoms with Gasteiger partial charge in [-0.05, 0) is 17.7 Å². The zero-order valence-electron chi connectivity index (χ0n) is 8.19. The van der Waals surface area contributed by atoms with Crippen molar-refractivity contribution in [1.29, 1.82) is 0 Å². The number of benzene rings is 1. The Hall–Kier alpha value is -2.04. The van der Waals surface area contributed by atoms with Crippen molar-refractivity contribution in [3.8, 4) is 0 Å². The van der Waals surface area contributed by atoms with Crippen LogP contribution < -0.4 is 5.32 Å². The second-order valence-electron chi connectivity index (χ2n) is 2.85. The molecule has 1 aromatic carbocycles. The number of ether oxygens (including phenoxy) is 1. The highest BCUT2D eigenvalue weighted by Gasteiger charge is 2.05. The summed E-state index contributed by atoms with van der Waals surface area (Å²) in [5, 5.41) is 10.6. The molecule has 0 atom stereocenters. The maximum atomic E-state index is 11.1. The minimum Gasteiger partial charge on any atom is -0.465 e. The van der Waals surface area contributed by atoms with Gasteiger partial charge in [0.2, 0.25) is 0 Å². The molecule has 1 aromatic rings. The summed E-state index contributed by atoms with van der Waals surface area (Å²) in [4.78, 5) is 21.4. The van der Waals surface area contributed by atoms with Crippen molar-refractivity contribution in [2.45, 2.75) is 6.54 Å². The summed E-state index contributed by atoms with van der Waals surface area (Å²) >= 11 is 0. The lowest BCUT2D eigenvalue weighted by Crippen LogP contribution is -2.20. The van der Waals surface area contributed by atoms with Crippen molar-refractivity contribution in [1.82, 2.24) is 5.32 Å². The summed E-state index contributed by atoms with van der Waals surface area (Å²) < 4.78 is 4.54. The number of esters is 1. The van der Waals surface area contributed by atoms with E-state index in [0.717, 1.165) is 0 Å². The molecule has 0 saturated heterocycles. The minimum atomic E-state index is -1.10. The molecule has 0 aromatic heterocycles. The number of rotatable bonds is 3. The van der Waals surface area contributed by atoms with E-state index in [1.165, 1.54) is 7.11 Å². The van der Waals surface area contributed by atoms with Gasteiger partial charge in [0.25, 0.3) is 0 Å². The average Bonchev–Trinajstić information content (AvgIpc) is 2.25. The number of methoxy groups -OCH3 is 1. The summed E-state index contributed by atoms with van der Waals surface area (Å²) in [6, 6.07) is 6.59. The number of hydrogen-bond acceptors (Lipinski definition) is 3. The van der Waals surface area contributed by atoms with Crippen molar-refractivity contribution >= 4 is 12.1 Å². The van der Waals surface area contributed by atoms with Crippen LogP contribution in [0.15, 0.2) is 24.3 Å². The molecule has 2 N–H and O–H groups in total. The molecule has 0 aliphatic carbocycles. The Balaban J connectivity index is 2.74. The monoisotopic (exact) mass is 209 g/mol. The van der Waals surface area contributed by atoms with Crippen LogP contribution >= 0.6 is 0 Å². The third-order valence-electron chi connectivity index (χ3n) is 1.79. The molecule has 0 aliphatic heterocycles. The molecule has 5 nitrogen and oxygen atoms in total. The van der Waals surface area contributed by atoms with E-state index in [1.54, 1.807) is 24.3 Å². The predicted molar refractivity (Wildman–Crippen MR) is 52.6 cm³/mol. The summed E-state index contributed by atoms with van der Waals surface area (Å²) in [7, 11) is 1.30. The lowest BCUT2D eigenvalue weighted by molar-refractivity contribution is 0.0600. The van der Waals surface area contributed by atoms with Gasteiger partial charge in [-0.15, -0.1) is 0 Å². The summed E-state index contributed by atoms with van der Waals surface area (Å²) in [5.74, 6) is -0.438. The first-order chi connectivity index (χ1) is 7.13. The van der Waals surface area contributed by atoms with Gasteiger partial charge < -0.3 is 15.2 Å². The minimum absolute atomic E-state index is 0.167. The third-order valence-corrected chi connectivity index (χ3v) is 1.79. The highest BCUT2D eigenvalue weighted by Crippen LogP contribution is 2.06. The predicted octanol–water partition coefficient (Wildman–Crippen LogP) is 1.24. The summed E-state index contributed by atoms with van der Waals surface area (Å²) in [6.07, 6.45) is -1.10. The van der Waals surface area contributed by atoms with Crippen LogP contribution in [0.5, 0.6) is 0 Å². The topological polar surface area (TPSA) is 75.6 Å². The molecule has 0 spiro atoms. The fourth-order valence-corrected chi connectivity index (χ4v) is 1.10. The standard InChI is InChI=1S/C10H11NO4/c1-15-9(12)8-4-2-3-7(5-8)6-11-10(13)14/h2-5,11H,6H2,1H3,(H,13,14). The van der Waals surface area contributed by atoms with Gasteiger partial charge in [-0.3, -0.25) is 0 Å². The Bertz CT molecular complexity index is 375. The first-order valence-electron chi connectivity index (χ1n) is 4.27. The van der Waals surface area contributed by atoms with Gasteiger partial charge >= 0.3 is 12.1 Å². The van der Waals surface area contributed by atoms with E-state index in [4.69, 9.17) is 5.11 Å². The van der Waals surface area contributed by atoms with Gasteiger partial charge in [0, 0.05) is 6.54 Å². The molecule has 0 fully saturated rings. The van der Waals surface area contributed by atoms with Crippen molar-refractivity contribution in [2.24, 2.45) is 0 Å². The molecule has 1 rings (SSSR count). The van der Waals surface area contributed by atoms with Gasteiger partial charge in [0.05, 0.1) is 12.7 Å². The normalized spacial score (nSPS) is 9.40. The van der Waals surface area contributed by atoms with Crippen molar-refractivity contribution in [3.63, 3.8) is 0 Å². The molecule has 0 radical (unpaired) electrons. The van der Waals surface area contributed by atoms with E-state index < -0.39 is 12.1 Å². The number of carbonyl (C=O) groups is 2.